The van der Waals surface area contributed by atoms with Gasteiger partial charge in [0.15, 0.2) is 0 Å². The molecular formula is C23H28ClN3O4. The van der Waals surface area contributed by atoms with Crippen molar-refractivity contribution >= 4 is 35.8 Å². The minimum absolute atomic E-state index is 0. The third-order valence-electron chi connectivity index (χ3n) is 5.42. The average molecular weight is 446 g/mol. The second kappa shape index (κ2) is 10.5. The molecule has 1 atom stereocenters. The van der Waals surface area contributed by atoms with Gasteiger partial charge in [-0.3, -0.25) is 14.6 Å². The molecule has 0 unspecified atom stereocenters. The van der Waals surface area contributed by atoms with Crippen molar-refractivity contribution in [1.82, 2.24) is 4.90 Å². The molecule has 166 valence electrons. The van der Waals surface area contributed by atoms with Gasteiger partial charge in [0.2, 0.25) is 5.91 Å². The highest BCUT2D eigenvalue weighted by Crippen LogP contribution is 2.24. The van der Waals surface area contributed by atoms with Gasteiger partial charge in [-0.15, -0.1) is 12.4 Å². The number of ether oxygens (including phenoxy) is 2. The van der Waals surface area contributed by atoms with Gasteiger partial charge in [0.25, 0.3) is 0 Å². The van der Waals surface area contributed by atoms with Crippen LogP contribution in [-0.4, -0.2) is 55.3 Å². The molecule has 2 heterocycles. The van der Waals surface area contributed by atoms with E-state index in [2.05, 4.69) is 10.2 Å². The summed E-state index contributed by atoms with van der Waals surface area (Å²) in [7, 11) is 0. The Bertz CT molecular complexity index is 870. The molecule has 0 aromatic heterocycles. The van der Waals surface area contributed by atoms with Crippen LogP contribution in [0.1, 0.15) is 19.8 Å². The van der Waals surface area contributed by atoms with Gasteiger partial charge in [0.1, 0.15) is 18.0 Å². The van der Waals surface area contributed by atoms with Crippen molar-refractivity contribution in [3.63, 3.8) is 0 Å². The van der Waals surface area contributed by atoms with E-state index in [1.807, 2.05) is 54.6 Å². The first-order valence-electron chi connectivity index (χ1n) is 10.4. The van der Waals surface area contributed by atoms with Crippen molar-refractivity contribution in [3.05, 3.63) is 54.6 Å². The number of para-hydroxylation sites is 1. The van der Waals surface area contributed by atoms with Gasteiger partial charge >= 0.3 is 6.09 Å². The summed E-state index contributed by atoms with van der Waals surface area (Å²) >= 11 is 0. The van der Waals surface area contributed by atoms with Crippen LogP contribution in [0, 0.1) is 0 Å². The Labute approximate surface area is 188 Å². The molecule has 2 saturated heterocycles. The number of carbonyl (C=O) groups is 2. The highest BCUT2D eigenvalue weighted by molar-refractivity contribution is 5.89. The summed E-state index contributed by atoms with van der Waals surface area (Å²) in [4.78, 5) is 27.3. The van der Waals surface area contributed by atoms with E-state index in [1.165, 1.54) is 6.92 Å². The maximum absolute atomic E-state index is 12.2. The van der Waals surface area contributed by atoms with E-state index in [9.17, 15) is 9.59 Å². The van der Waals surface area contributed by atoms with Crippen LogP contribution in [0.15, 0.2) is 54.6 Å². The van der Waals surface area contributed by atoms with E-state index in [0.717, 1.165) is 49.6 Å². The summed E-state index contributed by atoms with van der Waals surface area (Å²) < 4.78 is 11.7. The predicted molar refractivity (Wildman–Crippen MR) is 122 cm³/mol. The monoisotopic (exact) mass is 445 g/mol. The Morgan fingerprint density at radius 2 is 1.77 bits per heavy atom. The molecule has 7 nitrogen and oxygen atoms in total. The molecule has 1 N–H and O–H groups in total. The molecule has 2 fully saturated rings. The first-order valence-corrected chi connectivity index (χ1v) is 10.4. The zero-order chi connectivity index (χ0) is 20.9. The van der Waals surface area contributed by atoms with Gasteiger partial charge in [-0.2, -0.15) is 0 Å². The summed E-state index contributed by atoms with van der Waals surface area (Å²) in [6.45, 7) is 4.64. The number of nitrogens with one attached hydrogen (secondary N) is 1. The molecule has 0 bridgehead atoms. The SMILES string of the molecule is CC(=O)Nc1ccc(OC2CCN(C[C@@H]3CN(c4ccccc4)C(=O)O3)CC2)cc1.Cl. The van der Waals surface area contributed by atoms with Crippen molar-refractivity contribution in [3.8, 4) is 5.75 Å². The van der Waals surface area contributed by atoms with Crippen molar-refractivity contribution < 1.29 is 19.1 Å². The maximum Gasteiger partial charge on any atom is 0.414 e. The van der Waals surface area contributed by atoms with Gasteiger partial charge < -0.3 is 14.8 Å². The van der Waals surface area contributed by atoms with Gasteiger partial charge in [0.05, 0.1) is 6.54 Å². The summed E-state index contributed by atoms with van der Waals surface area (Å²) in [6.07, 6.45) is 1.64. The van der Waals surface area contributed by atoms with Crippen LogP contribution in [0.2, 0.25) is 0 Å². The summed E-state index contributed by atoms with van der Waals surface area (Å²) in [5.41, 5.74) is 1.64. The Hall–Kier alpha value is -2.77. The molecule has 0 radical (unpaired) electrons. The van der Waals surface area contributed by atoms with Crippen LogP contribution in [0.5, 0.6) is 5.75 Å². The number of nitrogens with zero attached hydrogens (tertiary/aromatic N) is 2. The highest BCUT2D eigenvalue weighted by Gasteiger charge is 2.34. The molecule has 4 rings (SSSR count). The molecule has 8 heteroatoms. The molecule has 2 aromatic rings. The standard InChI is InChI=1S/C23H27N3O4.ClH/c1-17(27)24-18-7-9-20(10-8-18)29-21-11-13-25(14-12-21)15-22-16-26(23(28)30-22)19-5-3-2-4-6-19;/h2-10,21-22H,11-16H2,1H3,(H,24,27);1H/t22-;/m1./s1. The lowest BCUT2D eigenvalue weighted by Crippen LogP contribution is -2.42. The predicted octanol–water partition coefficient (Wildman–Crippen LogP) is 3.94. The van der Waals surface area contributed by atoms with Crippen LogP contribution < -0.4 is 15.0 Å². The minimum atomic E-state index is -0.271. The molecule has 2 aliphatic rings. The number of anilines is 2. The van der Waals surface area contributed by atoms with Crippen LogP contribution in [0.3, 0.4) is 0 Å². The molecule has 0 aliphatic carbocycles. The van der Waals surface area contributed by atoms with Crippen LogP contribution in [0.25, 0.3) is 0 Å². The third kappa shape index (κ3) is 6.12. The lowest BCUT2D eigenvalue weighted by Gasteiger charge is -2.33. The second-order valence-electron chi connectivity index (χ2n) is 7.78. The molecule has 2 amide bonds. The number of likely N-dealkylation sites (tertiary alicyclic amines) is 1. The van der Waals surface area contributed by atoms with Gasteiger partial charge in [0, 0.05) is 37.9 Å². The number of piperidine rings is 1. The lowest BCUT2D eigenvalue weighted by atomic mass is 10.1. The Kier molecular flexibility index (Phi) is 7.76. The largest absolute Gasteiger partial charge is 0.490 e. The fourth-order valence-corrected chi connectivity index (χ4v) is 3.95. The Balaban J connectivity index is 0.00000272. The zero-order valence-electron chi connectivity index (χ0n) is 17.5. The number of hydrogen-bond donors (Lipinski definition) is 1. The van der Waals surface area contributed by atoms with E-state index in [-0.39, 0.29) is 36.6 Å². The second-order valence-corrected chi connectivity index (χ2v) is 7.78. The maximum atomic E-state index is 12.2. The topological polar surface area (TPSA) is 71.1 Å². The van der Waals surface area contributed by atoms with Crippen molar-refractivity contribution in [2.75, 3.05) is 36.4 Å². The number of cyclic esters (lactones) is 1. The first kappa shape index (κ1) is 22.9. The van der Waals surface area contributed by atoms with Crippen LogP contribution >= 0.6 is 12.4 Å². The molecule has 31 heavy (non-hydrogen) atoms. The first-order chi connectivity index (χ1) is 14.6. The van der Waals surface area contributed by atoms with Crippen LogP contribution in [-0.2, 0) is 9.53 Å². The van der Waals surface area contributed by atoms with E-state index >= 15 is 0 Å². The highest BCUT2D eigenvalue weighted by atomic mass is 35.5. The third-order valence-corrected chi connectivity index (χ3v) is 5.42. The molecule has 0 saturated carbocycles. The van der Waals surface area contributed by atoms with Crippen molar-refractivity contribution in [2.45, 2.75) is 32.0 Å². The molecule has 0 spiro atoms. The number of amides is 2. The van der Waals surface area contributed by atoms with E-state index in [0.29, 0.717) is 6.54 Å². The number of carbonyl (C=O) groups excluding carboxylic acids is 2. The lowest BCUT2D eigenvalue weighted by molar-refractivity contribution is -0.114. The quantitative estimate of drug-likeness (QED) is 0.729. The normalized spacial score (nSPS) is 19.5. The van der Waals surface area contributed by atoms with Crippen molar-refractivity contribution in [1.29, 1.82) is 0 Å². The smallest absolute Gasteiger partial charge is 0.414 e. The number of benzene rings is 2. The van der Waals surface area contributed by atoms with Crippen molar-refractivity contribution in [2.24, 2.45) is 0 Å². The summed E-state index contributed by atoms with van der Waals surface area (Å²) in [5, 5.41) is 2.75. The zero-order valence-corrected chi connectivity index (χ0v) is 18.3. The van der Waals surface area contributed by atoms with E-state index in [1.54, 1.807) is 4.90 Å². The number of rotatable bonds is 6. The Morgan fingerprint density at radius 3 is 2.42 bits per heavy atom. The van der Waals surface area contributed by atoms with Gasteiger partial charge in [-0.05, 0) is 49.2 Å². The minimum Gasteiger partial charge on any atom is -0.490 e. The van der Waals surface area contributed by atoms with Gasteiger partial charge in [-0.25, -0.2) is 4.79 Å². The van der Waals surface area contributed by atoms with E-state index < -0.39 is 0 Å². The fourth-order valence-electron chi connectivity index (χ4n) is 3.95. The molecule has 2 aromatic carbocycles. The Morgan fingerprint density at radius 1 is 1.10 bits per heavy atom. The number of halogens is 1. The van der Waals surface area contributed by atoms with E-state index in [4.69, 9.17) is 9.47 Å². The summed E-state index contributed by atoms with van der Waals surface area (Å²) in [5.74, 6) is 0.724. The number of hydrogen-bond acceptors (Lipinski definition) is 5. The molecular weight excluding hydrogens is 418 g/mol. The average Bonchev–Trinajstić information content (AvgIpc) is 3.11. The van der Waals surface area contributed by atoms with Crippen LogP contribution in [0.4, 0.5) is 16.2 Å². The fraction of sp³-hybridized carbons (Fsp3) is 0.391. The summed E-state index contributed by atoms with van der Waals surface area (Å²) in [6, 6.07) is 17.1. The molecule has 2 aliphatic heterocycles. The van der Waals surface area contributed by atoms with Gasteiger partial charge in [-0.1, -0.05) is 18.2 Å².